The summed E-state index contributed by atoms with van der Waals surface area (Å²) in [6, 6.07) is 26.4. The smallest absolute Gasteiger partial charge is 0.0660 e. The van der Waals surface area contributed by atoms with Gasteiger partial charge in [-0.15, -0.1) is 11.3 Å². The van der Waals surface area contributed by atoms with Crippen LogP contribution in [0, 0.1) is 0 Å². The zero-order valence-corrected chi connectivity index (χ0v) is 20.2. The fraction of sp³-hybridized carbons (Fsp3) is 0.207. The highest BCUT2D eigenvalue weighted by molar-refractivity contribution is 7.22. The molecule has 0 radical (unpaired) electrons. The van der Waals surface area contributed by atoms with Crippen LogP contribution in [0.5, 0.6) is 0 Å². The topological polar surface area (TPSA) is 30.9 Å². The summed E-state index contributed by atoms with van der Waals surface area (Å²) in [5, 5.41) is 4.82. The van der Waals surface area contributed by atoms with Gasteiger partial charge in [-0.25, -0.2) is 0 Å². The highest BCUT2D eigenvalue weighted by Crippen LogP contribution is 2.36. The van der Waals surface area contributed by atoms with Crippen molar-refractivity contribution in [3.63, 3.8) is 0 Å². The Kier molecular flexibility index (Phi) is 5.65. The summed E-state index contributed by atoms with van der Waals surface area (Å²) in [6.45, 7) is 5.11. The summed E-state index contributed by atoms with van der Waals surface area (Å²) in [6.07, 6.45) is 4.11. The molecule has 0 spiro atoms. The number of hydrogen-bond acceptors (Lipinski definition) is 5. The summed E-state index contributed by atoms with van der Waals surface area (Å²) in [7, 11) is 2.19. The molecule has 1 N–H and O–H groups in total. The third-order valence-electron chi connectivity index (χ3n) is 6.75. The van der Waals surface area contributed by atoms with E-state index in [0.29, 0.717) is 6.54 Å². The summed E-state index contributed by atoms with van der Waals surface area (Å²) < 4.78 is 1.33. The average molecular weight is 465 g/mol. The quantitative estimate of drug-likeness (QED) is 0.390. The van der Waals surface area contributed by atoms with Crippen LogP contribution in [0.25, 0.3) is 26.1 Å². The maximum absolute atomic E-state index is 4.59. The fourth-order valence-corrected chi connectivity index (χ4v) is 5.74. The van der Waals surface area contributed by atoms with E-state index in [1.165, 1.54) is 42.9 Å². The Labute approximate surface area is 204 Å². The van der Waals surface area contributed by atoms with E-state index in [1.54, 1.807) is 0 Å². The van der Waals surface area contributed by atoms with Crippen LogP contribution < -0.4 is 10.2 Å². The molecule has 6 rings (SSSR count). The molecule has 0 unspecified atom stereocenters. The highest BCUT2D eigenvalue weighted by Gasteiger charge is 2.15. The number of nitrogens with one attached hydrogen (secondary N) is 1. The first kappa shape index (κ1) is 21.1. The molecule has 0 aliphatic carbocycles. The SMILES string of the molecule is CN1CCN(c2ccc(NC=C3CN=Cc4ccc(-c5cc6ccccc6s5)cc43)cc2)CC1. The van der Waals surface area contributed by atoms with Gasteiger partial charge in [-0.2, -0.15) is 0 Å². The minimum Gasteiger partial charge on any atom is -0.369 e. The number of anilines is 2. The van der Waals surface area contributed by atoms with Gasteiger partial charge in [-0.05, 0) is 77.2 Å². The van der Waals surface area contributed by atoms with Gasteiger partial charge in [0.1, 0.15) is 0 Å². The van der Waals surface area contributed by atoms with Crippen molar-refractivity contribution >= 4 is 44.6 Å². The van der Waals surface area contributed by atoms with E-state index in [0.717, 1.165) is 31.9 Å². The Morgan fingerprint density at radius 2 is 1.74 bits per heavy atom. The zero-order chi connectivity index (χ0) is 22.9. The van der Waals surface area contributed by atoms with Crippen molar-refractivity contribution in [1.82, 2.24) is 4.90 Å². The predicted molar refractivity (Wildman–Crippen MR) is 147 cm³/mol. The number of nitrogens with zero attached hydrogens (tertiary/aromatic N) is 3. The Morgan fingerprint density at radius 1 is 0.912 bits per heavy atom. The van der Waals surface area contributed by atoms with E-state index in [-0.39, 0.29) is 0 Å². The van der Waals surface area contributed by atoms with Crippen molar-refractivity contribution in [2.45, 2.75) is 0 Å². The number of aliphatic imine (C=N–C) groups is 1. The largest absolute Gasteiger partial charge is 0.369 e. The van der Waals surface area contributed by atoms with Crippen LogP contribution in [0.2, 0.25) is 0 Å². The van der Waals surface area contributed by atoms with Crippen molar-refractivity contribution in [2.24, 2.45) is 4.99 Å². The van der Waals surface area contributed by atoms with E-state index in [1.807, 2.05) is 17.6 Å². The lowest BCUT2D eigenvalue weighted by Gasteiger charge is -2.34. The molecule has 34 heavy (non-hydrogen) atoms. The second-order valence-electron chi connectivity index (χ2n) is 9.07. The first-order chi connectivity index (χ1) is 16.7. The van der Waals surface area contributed by atoms with E-state index in [4.69, 9.17) is 0 Å². The number of piperazine rings is 1. The molecule has 1 fully saturated rings. The molecule has 170 valence electrons. The first-order valence-corrected chi connectivity index (χ1v) is 12.7. The lowest BCUT2D eigenvalue weighted by Crippen LogP contribution is -2.44. The van der Waals surface area contributed by atoms with Crippen molar-refractivity contribution in [3.8, 4) is 10.4 Å². The number of fused-ring (bicyclic) bond motifs is 2. The van der Waals surface area contributed by atoms with Crippen molar-refractivity contribution in [2.75, 3.05) is 50.0 Å². The van der Waals surface area contributed by atoms with Crippen LogP contribution in [0.3, 0.4) is 0 Å². The minimum absolute atomic E-state index is 0.690. The number of thiophene rings is 1. The molecule has 1 saturated heterocycles. The molecule has 3 heterocycles. The average Bonchev–Trinajstić information content (AvgIpc) is 3.32. The standard InChI is InChI=1S/C29H28N4S/c1-32-12-14-33(15-13-32)26-10-8-25(9-11-26)31-20-24-19-30-18-23-7-6-22(16-27(23)24)29-17-21-4-2-3-5-28(21)34-29/h2-11,16-18,20,31H,12-15,19H2,1H3. The molecular formula is C29H28N4S. The van der Waals surface area contributed by atoms with Gasteiger partial charge in [0.05, 0.1) is 6.54 Å². The van der Waals surface area contributed by atoms with Gasteiger partial charge in [0, 0.05) is 59.5 Å². The molecule has 4 aromatic rings. The Hall–Kier alpha value is -3.41. The first-order valence-electron chi connectivity index (χ1n) is 11.9. The maximum Gasteiger partial charge on any atom is 0.0660 e. The van der Waals surface area contributed by atoms with Crippen LogP contribution in [0.15, 0.2) is 84.0 Å². The molecule has 5 heteroatoms. The Morgan fingerprint density at radius 3 is 2.56 bits per heavy atom. The second kappa shape index (κ2) is 9.09. The van der Waals surface area contributed by atoms with Crippen molar-refractivity contribution in [1.29, 1.82) is 0 Å². The minimum atomic E-state index is 0.690. The second-order valence-corrected chi connectivity index (χ2v) is 10.2. The molecule has 4 nitrogen and oxygen atoms in total. The molecule has 3 aromatic carbocycles. The van der Waals surface area contributed by atoms with E-state index >= 15 is 0 Å². The highest BCUT2D eigenvalue weighted by atomic mass is 32.1. The molecule has 0 saturated carbocycles. The fourth-order valence-electron chi connectivity index (χ4n) is 4.68. The van der Waals surface area contributed by atoms with Gasteiger partial charge in [0.2, 0.25) is 0 Å². The van der Waals surface area contributed by atoms with Crippen LogP contribution >= 0.6 is 11.3 Å². The van der Waals surface area contributed by atoms with Crippen LogP contribution in [-0.2, 0) is 0 Å². The Balaban J connectivity index is 1.23. The molecule has 0 bridgehead atoms. The zero-order valence-electron chi connectivity index (χ0n) is 19.4. The van der Waals surface area contributed by atoms with E-state index in [2.05, 4.69) is 106 Å². The van der Waals surface area contributed by atoms with Crippen LogP contribution in [-0.4, -0.2) is 50.9 Å². The van der Waals surface area contributed by atoms with Gasteiger partial charge in [0.15, 0.2) is 0 Å². The van der Waals surface area contributed by atoms with Gasteiger partial charge in [0.25, 0.3) is 0 Å². The third kappa shape index (κ3) is 4.25. The maximum atomic E-state index is 4.59. The summed E-state index contributed by atoms with van der Waals surface area (Å²) in [5.41, 5.74) is 7.30. The van der Waals surface area contributed by atoms with Crippen LogP contribution in [0.1, 0.15) is 11.1 Å². The predicted octanol–water partition coefficient (Wildman–Crippen LogP) is 6.21. The lowest BCUT2D eigenvalue weighted by atomic mass is 9.95. The van der Waals surface area contributed by atoms with Crippen LogP contribution in [0.4, 0.5) is 11.4 Å². The third-order valence-corrected chi connectivity index (χ3v) is 7.92. The molecule has 1 aromatic heterocycles. The van der Waals surface area contributed by atoms with Crippen molar-refractivity contribution < 1.29 is 0 Å². The number of benzene rings is 3. The van der Waals surface area contributed by atoms with Gasteiger partial charge in [-0.1, -0.05) is 30.3 Å². The summed E-state index contributed by atoms with van der Waals surface area (Å²) in [4.78, 5) is 10.7. The normalized spacial score (nSPS) is 17.3. The molecule has 0 amide bonds. The molecular weight excluding hydrogens is 436 g/mol. The van der Waals surface area contributed by atoms with Gasteiger partial charge < -0.3 is 15.1 Å². The van der Waals surface area contributed by atoms with Gasteiger partial charge >= 0.3 is 0 Å². The van der Waals surface area contributed by atoms with Gasteiger partial charge in [-0.3, -0.25) is 4.99 Å². The molecule has 2 aliphatic rings. The van der Waals surface area contributed by atoms with E-state index in [9.17, 15) is 0 Å². The lowest BCUT2D eigenvalue weighted by molar-refractivity contribution is 0.313. The molecule has 2 aliphatic heterocycles. The van der Waals surface area contributed by atoms with Crippen molar-refractivity contribution in [3.05, 3.63) is 90.1 Å². The number of rotatable bonds is 4. The number of hydrogen-bond donors (Lipinski definition) is 1. The number of likely N-dealkylation sites (N-methyl/N-ethyl adjacent to an activating group) is 1. The molecule has 0 atom stereocenters. The van der Waals surface area contributed by atoms with E-state index < -0.39 is 0 Å². The summed E-state index contributed by atoms with van der Waals surface area (Å²) in [5.74, 6) is 0. The monoisotopic (exact) mass is 464 g/mol. The Bertz CT molecular complexity index is 1340. The summed E-state index contributed by atoms with van der Waals surface area (Å²) >= 11 is 1.85.